The lowest BCUT2D eigenvalue weighted by atomic mass is 10.00. The molecule has 0 saturated carbocycles. The van der Waals surface area contributed by atoms with Crippen LogP contribution in [0.1, 0.15) is 48.9 Å². The normalized spacial score (nSPS) is 21.1. The van der Waals surface area contributed by atoms with Crippen molar-refractivity contribution in [2.24, 2.45) is 0 Å². The number of amides is 1. The molecule has 88 valence electrons. The molecule has 1 fully saturated rings. The highest BCUT2D eigenvalue weighted by Crippen LogP contribution is 2.21. The van der Waals surface area contributed by atoms with Crippen molar-refractivity contribution in [1.82, 2.24) is 10.1 Å². The fourth-order valence-electron chi connectivity index (χ4n) is 2.30. The van der Waals surface area contributed by atoms with Crippen LogP contribution in [0, 0.1) is 6.92 Å². The Balaban J connectivity index is 2.13. The van der Waals surface area contributed by atoms with Crippen LogP contribution in [0.3, 0.4) is 0 Å². The van der Waals surface area contributed by atoms with Crippen molar-refractivity contribution >= 4 is 5.91 Å². The highest BCUT2D eigenvalue weighted by atomic mass is 16.5. The van der Waals surface area contributed by atoms with Gasteiger partial charge in [-0.3, -0.25) is 4.79 Å². The van der Waals surface area contributed by atoms with Gasteiger partial charge in [-0.15, -0.1) is 0 Å². The second kappa shape index (κ2) is 4.68. The summed E-state index contributed by atoms with van der Waals surface area (Å²) in [4.78, 5) is 14.1. The molecule has 1 saturated heterocycles. The van der Waals surface area contributed by atoms with Crippen LogP contribution < -0.4 is 0 Å². The Bertz CT molecular complexity index is 373. The maximum atomic E-state index is 12.2. The lowest BCUT2D eigenvalue weighted by Gasteiger charge is -2.34. The van der Waals surface area contributed by atoms with Crippen LogP contribution >= 0.6 is 0 Å². The van der Waals surface area contributed by atoms with Gasteiger partial charge in [0, 0.05) is 18.7 Å². The van der Waals surface area contributed by atoms with E-state index in [1.807, 2.05) is 11.8 Å². The molecule has 2 heterocycles. The smallest absolute Gasteiger partial charge is 0.292 e. The Kier molecular flexibility index (Phi) is 3.27. The van der Waals surface area contributed by atoms with Crippen LogP contribution in [0.2, 0.25) is 0 Å². The first-order chi connectivity index (χ1) is 7.72. The molecule has 4 heteroatoms. The molecule has 1 aliphatic rings. The highest BCUT2D eigenvalue weighted by molar-refractivity contribution is 5.91. The fourth-order valence-corrected chi connectivity index (χ4v) is 2.30. The summed E-state index contributed by atoms with van der Waals surface area (Å²) in [6, 6.07) is 2.08. The average molecular weight is 222 g/mol. The molecule has 1 amide bonds. The van der Waals surface area contributed by atoms with E-state index in [4.69, 9.17) is 4.52 Å². The number of piperidine rings is 1. The van der Waals surface area contributed by atoms with Gasteiger partial charge >= 0.3 is 0 Å². The zero-order valence-electron chi connectivity index (χ0n) is 9.90. The van der Waals surface area contributed by atoms with Gasteiger partial charge < -0.3 is 9.42 Å². The number of likely N-dealkylation sites (tertiary alicyclic amines) is 1. The topological polar surface area (TPSA) is 46.3 Å². The SMILES string of the molecule is CC[C@@H]1CCCCN1C(=O)c1cc(C)no1. The Morgan fingerprint density at radius 1 is 1.62 bits per heavy atom. The zero-order valence-corrected chi connectivity index (χ0v) is 9.90. The molecular formula is C12H18N2O2. The van der Waals surface area contributed by atoms with E-state index in [1.54, 1.807) is 6.07 Å². The van der Waals surface area contributed by atoms with Crippen molar-refractivity contribution in [3.8, 4) is 0 Å². The van der Waals surface area contributed by atoms with Gasteiger partial charge in [0.25, 0.3) is 5.91 Å². The number of hydrogen-bond donors (Lipinski definition) is 0. The molecule has 0 spiro atoms. The molecule has 2 rings (SSSR count). The summed E-state index contributed by atoms with van der Waals surface area (Å²) in [6.45, 7) is 4.80. The number of carbonyl (C=O) groups excluding carboxylic acids is 1. The highest BCUT2D eigenvalue weighted by Gasteiger charge is 2.28. The van der Waals surface area contributed by atoms with E-state index in [-0.39, 0.29) is 5.91 Å². The minimum Gasteiger partial charge on any atom is -0.351 e. The Labute approximate surface area is 95.6 Å². The standard InChI is InChI=1S/C12H18N2O2/c1-3-10-6-4-5-7-14(10)12(15)11-8-9(2)13-16-11/h8,10H,3-7H2,1-2H3/t10-/m1/s1. The maximum Gasteiger partial charge on any atom is 0.292 e. The lowest BCUT2D eigenvalue weighted by molar-refractivity contribution is 0.0566. The number of rotatable bonds is 2. The quantitative estimate of drug-likeness (QED) is 0.771. The molecule has 0 aliphatic carbocycles. The van der Waals surface area contributed by atoms with E-state index in [0.29, 0.717) is 11.8 Å². The number of aryl methyl sites for hydroxylation is 1. The van der Waals surface area contributed by atoms with E-state index in [2.05, 4.69) is 12.1 Å². The summed E-state index contributed by atoms with van der Waals surface area (Å²) >= 11 is 0. The third-order valence-corrected chi connectivity index (χ3v) is 3.20. The molecular weight excluding hydrogens is 204 g/mol. The van der Waals surface area contributed by atoms with Crippen molar-refractivity contribution < 1.29 is 9.32 Å². The molecule has 0 N–H and O–H groups in total. The van der Waals surface area contributed by atoms with Crippen LogP contribution in [-0.4, -0.2) is 28.6 Å². The van der Waals surface area contributed by atoms with Crippen LogP contribution in [0.5, 0.6) is 0 Å². The van der Waals surface area contributed by atoms with E-state index in [9.17, 15) is 4.79 Å². The molecule has 1 aromatic rings. The lowest BCUT2D eigenvalue weighted by Crippen LogP contribution is -2.43. The first kappa shape index (κ1) is 11.2. The minimum absolute atomic E-state index is 0.00727. The van der Waals surface area contributed by atoms with Crippen molar-refractivity contribution in [2.45, 2.75) is 45.6 Å². The molecule has 16 heavy (non-hydrogen) atoms. The van der Waals surface area contributed by atoms with Crippen LogP contribution in [0.25, 0.3) is 0 Å². The Morgan fingerprint density at radius 3 is 3.06 bits per heavy atom. The Morgan fingerprint density at radius 2 is 2.44 bits per heavy atom. The minimum atomic E-state index is -0.00727. The molecule has 4 nitrogen and oxygen atoms in total. The van der Waals surface area contributed by atoms with Crippen LogP contribution in [0.4, 0.5) is 0 Å². The van der Waals surface area contributed by atoms with Gasteiger partial charge in [-0.25, -0.2) is 0 Å². The summed E-state index contributed by atoms with van der Waals surface area (Å²) in [5.41, 5.74) is 0.758. The first-order valence-electron chi connectivity index (χ1n) is 5.96. The molecule has 0 aromatic carbocycles. The van der Waals surface area contributed by atoms with Gasteiger partial charge in [-0.2, -0.15) is 0 Å². The average Bonchev–Trinajstić information content (AvgIpc) is 2.75. The van der Waals surface area contributed by atoms with Gasteiger partial charge in [-0.05, 0) is 32.6 Å². The fraction of sp³-hybridized carbons (Fsp3) is 0.667. The van der Waals surface area contributed by atoms with Crippen molar-refractivity contribution in [3.05, 3.63) is 17.5 Å². The second-order valence-corrected chi connectivity index (χ2v) is 4.39. The predicted molar refractivity (Wildman–Crippen MR) is 60.2 cm³/mol. The van der Waals surface area contributed by atoms with E-state index in [0.717, 1.165) is 31.5 Å². The number of aromatic nitrogens is 1. The van der Waals surface area contributed by atoms with Gasteiger partial charge in [0.1, 0.15) is 0 Å². The molecule has 1 aromatic heterocycles. The zero-order chi connectivity index (χ0) is 11.5. The molecule has 1 atom stereocenters. The van der Waals surface area contributed by atoms with Gasteiger partial charge in [0.05, 0.1) is 5.69 Å². The maximum absolute atomic E-state index is 12.2. The molecule has 0 radical (unpaired) electrons. The number of nitrogens with zero attached hydrogens (tertiary/aromatic N) is 2. The monoisotopic (exact) mass is 222 g/mol. The van der Waals surface area contributed by atoms with Crippen molar-refractivity contribution in [1.29, 1.82) is 0 Å². The van der Waals surface area contributed by atoms with Gasteiger partial charge in [0.15, 0.2) is 0 Å². The third kappa shape index (κ3) is 2.10. The third-order valence-electron chi connectivity index (χ3n) is 3.20. The summed E-state index contributed by atoms with van der Waals surface area (Å²) < 4.78 is 5.03. The van der Waals surface area contributed by atoms with Crippen LogP contribution in [0.15, 0.2) is 10.6 Å². The second-order valence-electron chi connectivity index (χ2n) is 4.39. The Hall–Kier alpha value is -1.32. The number of carbonyl (C=O) groups is 1. The van der Waals surface area contributed by atoms with E-state index >= 15 is 0 Å². The summed E-state index contributed by atoms with van der Waals surface area (Å²) in [7, 11) is 0. The van der Waals surface area contributed by atoms with E-state index in [1.165, 1.54) is 6.42 Å². The van der Waals surface area contributed by atoms with Crippen LogP contribution in [-0.2, 0) is 0 Å². The summed E-state index contributed by atoms with van der Waals surface area (Å²) in [5, 5.41) is 3.76. The molecule has 0 bridgehead atoms. The molecule has 1 aliphatic heterocycles. The summed E-state index contributed by atoms with van der Waals surface area (Å²) in [5.74, 6) is 0.366. The number of hydrogen-bond acceptors (Lipinski definition) is 3. The molecule has 0 unspecified atom stereocenters. The summed E-state index contributed by atoms with van der Waals surface area (Å²) in [6.07, 6.45) is 4.43. The van der Waals surface area contributed by atoms with E-state index < -0.39 is 0 Å². The van der Waals surface area contributed by atoms with Crippen molar-refractivity contribution in [2.75, 3.05) is 6.54 Å². The predicted octanol–water partition coefficient (Wildman–Crippen LogP) is 2.39. The van der Waals surface area contributed by atoms with Crippen molar-refractivity contribution in [3.63, 3.8) is 0 Å². The van der Waals surface area contributed by atoms with Gasteiger partial charge in [0.2, 0.25) is 5.76 Å². The largest absolute Gasteiger partial charge is 0.351 e. The van der Waals surface area contributed by atoms with Gasteiger partial charge in [-0.1, -0.05) is 12.1 Å². The first-order valence-corrected chi connectivity index (χ1v) is 5.96.